The molecule has 0 saturated heterocycles. The molecule has 0 aromatic heterocycles. The lowest BCUT2D eigenvalue weighted by molar-refractivity contribution is -0.199. The van der Waals surface area contributed by atoms with E-state index in [4.69, 9.17) is 0 Å². The number of carbonyl (C=O) groups excluding carboxylic acids is 3. The van der Waals surface area contributed by atoms with Gasteiger partial charge in [0.1, 0.15) is 5.92 Å². The van der Waals surface area contributed by atoms with Gasteiger partial charge in [-0.25, -0.2) is 4.79 Å². The minimum atomic E-state index is -4.85. The van der Waals surface area contributed by atoms with Crippen LogP contribution in [0, 0.1) is 5.92 Å². The average Bonchev–Trinajstić information content (AvgIpc) is 2.51. The van der Waals surface area contributed by atoms with Crippen LogP contribution < -0.4 is 0 Å². The van der Waals surface area contributed by atoms with Crippen LogP contribution in [0.1, 0.15) is 24.2 Å². The van der Waals surface area contributed by atoms with Crippen LogP contribution in [0.4, 0.5) is 13.2 Å². The summed E-state index contributed by atoms with van der Waals surface area (Å²) in [6.45, 7) is 1.89. The van der Waals surface area contributed by atoms with Crippen molar-refractivity contribution in [3.63, 3.8) is 0 Å². The molecule has 24 heavy (non-hydrogen) atoms. The van der Waals surface area contributed by atoms with Crippen molar-refractivity contribution in [3.8, 4) is 0 Å². The monoisotopic (exact) mass is 410 g/mol. The summed E-state index contributed by atoms with van der Waals surface area (Å²) in [7, 11) is 0. The molecule has 1 aromatic rings. The van der Waals surface area contributed by atoms with Gasteiger partial charge >= 0.3 is 18.1 Å². The molecule has 0 radical (unpaired) electrons. The molecule has 0 bridgehead atoms. The molecule has 132 valence electrons. The van der Waals surface area contributed by atoms with E-state index in [0.29, 0.717) is 11.4 Å². The first-order valence-electron chi connectivity index (χ1n) is 6.81. The maximum Gasteiger partial charge on any atom is 0.401 e. The number of alkyl halides is 3. The largest absolute Gasteiger partial charge is 0.463 e. The Kier molecular flexibility index (Phi) is 6.94. The lowest BCUT2D eigenvalue weighted by atomic mass is 10.1. The molecule has 0 saturated carbocycles. The lowest BCUT2D eigenvalue weighted by Crippen LogP contribution is -2.40. The molecule has 0 amide bonds. The Bertz CT molecular complexity index is 613. The summed E-state index contributed by atoms with van der Waals surface area (Å²) in [6, 6.07) is 5.66. The number of ether oxygens (including phenoxy) is 2. The number of rotatable bonds is 6. The van der Waals surface area contributed by atoms with E-state index in [0.717, 1.165) is 0 Å². The smallest absolute Gasteiger partial charge is 0.401 e. The molecular formula is C15H14BrF3O5. The quantitative estimate of drug-likeness (QED) is 0.408. The number of ketones is 1. The number of Topliss-reactive ketones (excluding diaryl/α,β-unsaturated/α-hetero) is 1. The first-order valence-corrected chi connectivity index (χ1v) is 7.60. The van der Waals surface area contributed by atoms with E-state index in [-0.39, 0.29) is 12.2 Å². The average molecular weight is 411 g/mol. The summed E-state index contributed by atoms with van der Waals surface area (Å²) in [5, 5.41) is 0. The fourth-order valence-electron chi connectivity index (χ4n) is 1.54. The molecule has 2 unspecified atom stereocenters. The van der Waals surface area contributed by atoms with Crippen molar-refractivity contribution in [2.45, 2.75) is 26.1 Å². The molecule has 9 heteroatoms. The van der Waals surface area contributed by atoms with Crippen molar-refractivity contribution < 1.29 is 37.0 Å². The summed E-state index contributed by atoms with van der Waals surface area (Å²) in [6.07, 6.45) is -6.94. The van der Waals surface area contributed by atoms with Crippen molar-refractivity contribution in [1.82, 2.24) is 0 Å². The highest BCUT2D eigenvalue weighted by Crippen LogP contribution is 2.27. The zero-order valence-electron chi connectivity index (χ0n) is 12.7. The first-order chi connectivity index (χ1) is 11.1. The second-order valence-corrected chi connectivity index (χ2v) is 5.62. The fourth-order valence-corrected chi connectivity index (χ4v) is 1.81. The zero-order chi connectivity index (χ0) is 18.5. The third-order valence-corrected chi connectivity index (χ3v) is 3.47. The topological polar surface area (TPSA) is 69.7 Å². The number of esters is 2. The summed E-state index contributed by atoms with van der Waals surface area (Å²) >= 11 is 3.15. The molecule has 0 aliphatic rings. The Hall–Kier alpha value is -1.90. The lowest BCUT2D eigenvalue weighted by Gasteiger charge is -2.19. The van der Waals surface area contributed by atoms with Gasteiger partial charge in [-0.15, -0.1) is 0 Å². The van der Waals surface area contributed by atoms with Gasteiger partial charge in [-0.1, -0.05) is 28.1 Å². The van der Waals surface area contributed by atoms with Crippen LogP contribution in [0.25, 0.3) is 0 Å². The molecular weight excluding hydrogens is 397 g/mol. The standard InChI is InChI=1S/C15H14BrF3O5/c1-3-23-14(22)12(24-13(21)8(2)15(17,18)19)11(20)9-4-6-10(16)7-5-9/h4-8,12H,3H2,1-2H3. The first kappa shape index (κ1) is 20.1. The van der Waals surface area contributed by atoms with Gasteiger partial charge in [0.05, 0.1) is 6.61 Å². The van der Waals surface area contributed by atoms with Crippen LogP contribution in [0.15, 0.2) is 28.7 Å². The summed E-state index contributed by atoms with van der Waals surface area (Å²) in [4.78, 5) is 35.7. The predicted molar refractivity (Wildman–Crippen MR) is 80.2 cm³/mol. The van der Waals surface area contributed by atoms with E-state index >= 15 is 0 Å². The number of hydrogen-bond donors (Lipinski definition) is 0. The Morgan fingerprint density at radius 3 is 2.12 bits per heavy atom. The minimum absolute atomic E-state index is 0.0104. The molecule has 0 fully saturated rings. The highest BCUT2D eigenvalue weighted by Gasteiger charge is 2.45. The number of carbonyl (C=O) groups is 3. The Labute approximate surface area is 144 Å². The van der Waals surface area contributed by atoms with Crippen LogP contribution in [0.5, 0.6) is 0 Å². The molecule has 2 atom stereocenters. The van der Waals surface area contributed by atoms with Gasteiger partial charge in [0.15, 0.2) is 0 Å². The van der Waals surface area contributed by atoms with Gasteiger partial charge in [-0.05, 0) is 26.0 Å². The molecule has 5 nitrogen and oxygen atoms in total. The number of halogens is 4. The fraction of sp³-hybridized carbons (Fsp3) is 0.400. The van der Waals surface area contributed by atoms with Gasteiger partial charge in [0.25, 0.3) is 6.10 Å². The zero-order valence-corrected chi connectivity index (χ0v) is 14.3. The van der Waals surface area contributed by atoms with Crippen molar-refractivity contribution >= 4 is 33.7 Å². The van der Waals surface area contributed by atoms with Gasteiger partial charge in [-0.2, -0.15) is 13.2 Å². The van der Waals surface area contributed by atoms with Gasteiger partial charge in [0, 0.05) is 10.0 Å². The summed E-state index contributed by atoms with van der Waals surface area (Å²) in [5.41, 5.74) is -0.0104. The minimum Gasteiger partial charge on any atom is -0.463 e. The SMILES string of the molecule is CCOC(=O)C(OC(=O)C(C)C(F)(F)F)C(=O)c1ccc(Br)cc1. The van der Waals surface area contributed by atoms with Crippen molar-refractivity contribution in [2.75, 3.05) is 6.61 Å². The van der Waals surface area contributed by atoms with E-state index in [2.05, 4.69) is 25.4 Å². The highest BCUT2D eigenvalue weighted by atomic mass is 79.9. The summed E-state index contributed by atoms with van der Waals surface area (Å²) in [5.74, 6) is -6.41. The maximum absolute atomic E-state index is 12.6. The highest BCUT2D eigenvalue weighted by molar-refractivity contribution is 9.10. The Morgan fingerprint density at radius 1 is 1.12 bits per heavy atom. The Balaban J connectivity index is 3.04. The van der Waals surface area contributed by atoms with E-state index in [1.807, 2.05) is 0 Å². The van der Waals surface area contributed by atoms with Crippen LogP contribution in [-0.2, 0) is 19.1 Å². The molecule has 0 aliphatic heterocycles. The van der Waals surface area contributed by atoms with Crippen LogP contribution in [0.2, 0.25) is 0 Å². The molecule has 0 spiro atoms. The third-order valence-electron chi connectivity index (χ3n) is 2.95. The molecule has 1 rings (SSSR count). The second-order valence-electron chi connectivity index (χ2n) is 4.70. The van der Waals surface area contributed by atoms with E-state index in [9.17, 15) is 27.6 Å². The summed E-state index contributed by atoms with van der Waals surface area (Å²) < 4.78 is 47.4. The molecule has 1 aromatic carbocycles. The predicted octanol–water partition coefficient (Wildman–Crippen LogP) is 3.31. The van der Waals surface area contributed by atoms with Gasteiger partial charge in [0.2, 0.25) is 5.78 Å². The maximum atomic E-state index is 12.6. The second kappa shape index (κ2) is 8.27. The van der Waals surface area contributed by atoms with E-state index in [1.54, 1.807) is 0 Å². The normalized spacial score (nSPS) is 13.8. The van der Waals surface area contributed by atoms with Crippen molar-refractivity contribution in [3.05, 3.63) is 34.3 Å². The third kappa shape index (κ3) is 5.33. The molecule has 0 aliphatic carbocycles. The van der Waals surface area contributed by atoms with Crippen molar-refractivity contribution in [1.29, 1.82) is 0 Å². The number of hydrogen-bond acceptors (Lipinski definition) is 5. The molecule has 0 N–H and O–H groups in total. The van der Waals surface area contributed by atoms with Crippen LogP contribution >= 0.6 is 15.9 Å². The van der Waals surface area contributed by atoms with Gasteiger partial charge in [-0.3, -0.25) is 9.59 Å². The van der Waals surface area contributed by atoms with Crippen molar-refractivity contribution in [2.24, 2.45) is 5.92 Å². The Morgan fingerprint density at radius 2 is 1.67 bits per heavy atom. The molecule has 0 heterocycles. The van der Waals surface area contributed by atoms with Crippen LogP contribution in [0.3, 0.4) is 0 Å². The van der Waals surface area contributed by atoms with Gasteiger partial charge < -0.3 is 9.47 Å². The van der Waals surface area contributed by atoms with E-state index < -0.39 is 35.9 Å². The van der Waals surface area contributed by atoms with E-state index in [1.165, 1.54) is 31.2 Å². The number of benzene rings is 1. The van der Waals surface area contributed by atoms with Crippen LogP contribution in [-0.4, -0.2) is 36.6 Å².